The van der Waals surface area contributed by atoms with Gasteiger partial charge in [-0.25, -0.2) is 23.1 Å². The fraction of sp³-hybridized carbons (Fsp3) is 0.182. The summed E-state index contributed by atoms with van der Waals surface area (Å²) in [4.78, 5) is 11.9. The lowest BCUT2D eigenvalue weighted by Crippen LogP contribution is -2.15. The molecule has 0 fully saturated rings. The maximum Gasteiger partial charge on any atom is 0.265 e. The van der Waals surface area contributed by atoms with Crippen LogP contribution in [-0.4, -0.2) is 23.4 Å². The summed E-state index contributed by atoms with van der Waals surface area (Å²) in [5.41, 5.74) is 1.40. The lowest BCUT2D eigenvalue weighted by Gasteiger charge is -2.07. The zero-order chi connectivity index (χ0) is 13.2. The van der Waals surface area contributed by atoms with Crippen LogP contribution in [0.3, 0.4) is 0 Å². The van der Waals surface area contributed by atoms with Crippen LogP contribution >= 0.6 is 0 Å². The molecule has 0 aliphatic carbocycles. The van der Waals surface area contributed by atoms with Crippen molar-refractivity contribution in [2.75, 3.05) is 4.72 Å². The minimum absolute atomic E-state index is 0.0661. The van der Waals surface area contributed by atoms with Gasteiger partial charge in [0.1, 0.15) is 4.90 Å². The summed E-state index contributed by atoms with van der Waals surface area (Å²) in [7, 11) is -3.68. The monoisotopic (exact) mass is 264 g/mol. The molecule has 2 rings (SSSR count). The fourth-order valence-corrected chi connectivity index (χ4v) is 2.36. The summed E-state index contributed by atoms with van der Waals surface area (Å²) < 4.78 is 26.3. The van der Waals surface area contributed by atoms with Crippen molar-refractivity contribution in [1.82, 2.24) is 15.0 Å². The van der Waals surface area contributed by atoms with E-state index in [4.69, 9.17) is 0 Å². The van der Waals surface area contributed by atoms with E-state index >= 15 is 0 Å². The van der Waals surface area contributed by atoms with Crippen molar-refractivity contribution in [2.45, 2.75) is 18.7 Å². The largest absolute Gasteiger partial charge is 0.265 e. The van der Waals surface area contributed by atoms with Crippen molar-refractivity contribution in [3.63, 3.8) is 0 Å². The number of nitrogens with zero attached hydrogens (tertiary/aromatic N) is 3. The Bertz CT molecular complexity index is 636. The second kappa shape index (κ2) is 4.69. The van der Waals surface area contributed by atoms with Gasteiger partial charge in [-0.05, 0) is 32.0 Å². The molecule has 7 heteroatoms. The van der Waals surface area contributed by atoms with E-state index in [0.29, 0.717) is 11.4 Å². The van der Waals surface area contributed by atoms with Gasteiger partial charge >= 0.3 is 0 Å². The summed E-state index contributed by atoms with van der Waals surface area (Å²) >= 11 is 0. The molecule has 0 unspecified atom stereocenters. The Morgan fingerprint density at radius 2 is 1.83 bits per heavy atom. The summed E-state index contributed by atoms with van der Waals surface area (Å²) in [6.07, 6.45) is 2.78. The van der Waals surface area contributed by atoms with Crippen LogP contribution in [0.4, 0.5) is 5.95 Å². The number of anilines is 1. The van der Waals surface area contributed by atoms with Crippen LogP contribution < -0.4 is 4.72 Å². The second-order valence-electron chi connectivity index (χ2n) is 3.77. The Morgan fingerprint density at radius 1 is 1.17 bits per heavy atom. The van der Waals surface area contributed by atoms with E-state index in [0.717, 1.165) is 0 Å². The molecule has 0 radical (unpaired) electrons. The highest BCUT2D eigenvalue weighted by Gasteiger charge is 2.15. The van der Waals surface area contributed by atoms with E-state index in [1.807, 2.05) is 0 Å². The molecule has 0 bridgehead atoms. The van der Waals surface area contributed by atoms with Crippen LogP contribution in [0.2, 0.25) is 0 Å². The van der Waals surface area contributed by atoms with Crippen molar-refractivity contribution in [3.8, 4) is 0 Å². The molecule has 6 nitrogen and oxygen atoms in total. The van der Waals surface area contributed by atoms with Crippen LogP contribution in [0.25, 0.3) is 0 Å². The quantitative estimate of drug-likeness (QED) is 0.902. The fourth-order valence-electron chi connectivity index (χ4n) is 1.46. The number of rotatable bonds is 3. The highest BCUT2D eigenvalue weighted by Crippen LogP contribution is 2.12. The minimum atomic E-state index is -3.68. The number of hydrogen-bond donors (Lipinski definition) is 1. The summed E-state index contributed by atoms with van der Waals surface area (Å²) in [6.45, 7) is 3.55. The van der Waals surface area contributed by atoms with Gasteiger partial charge in [-0.1, -0.05) is 0 Å². The Balaban J connectivity index is 2.34. The maximum absolute atomic E-state index is 12.0. The molecule has 0 aromatic carbocycles. The van der Waals surface area contributed by atoms with E-state index in [9.17, 15) is 8.42 Å². The minimum Gasteiger partial charge on any atom is -0.263 e. The van der Waals surface area contributed by atoms with Crippen LogP contribution in [0.15, 0.2) is 35.5 Å². The molecule has 0 aliphatic rings. The van der Waals surface area contributed by atoms with Crippen LogP contribution in [0, 0.1) is 13.8 Å². The van der Waals surface area contributed by atoms with E-state index in [-0.39, 0.29) is 10.8 Å². The summed E-state index contributed by atoms with van der Waals surface area (Å²) in [5, 5.41) is 0. The molecule has 0 spiro atoms. The normalized spacial score (nSPS) is 11.2. The molecule has 0 saturated heterocycles. The molecule has 2 heterocycles. The van der Waals surface area contributed by atoms with Gasteiger partial charge in [0, 0.05) is 23.8 Å². The predicted molar refractivity (Wildman–Crippen MR) is 66.6 cm³/mol. The average molecular weight is 264 g/mol. The zero-order valence-corrected chi connectivity index (χ0v) is 10.8. The Morgan fingerprint density at radius 3 is 2.39 bits per heavy atom. The molecule has 0 saturated carbocycles. The van der Waals surface area contributed by atoms with Crippen molar-refractivity contribution in [3.05, 3.63) is 42.0 Å². The van der Waals surface area contributed by atoms with Gasteiger partial charge in [-0.15, -0.1) is 0 Å². The van der Waals surface area contributed by atoms with Gasteiger partial charge in [0.15, 0.2) is 0 Å². The number of hydrogen-bond acceptors (Lipinski definition) is 5. The molecule has 2 aromatic rings. The first-order valence-corrected chi connectivity index (χ1v) is 6.71. The van der Waals surface area contributed by atoms with E-state index in [1.165, 1.54) is 18.5 Å². The third-order valence-corrected chi connectivity index (χ3v) is 3.47. The Hall–Kier alpha value is -2.02. The van der Waals surface area contributed by atoms with Gasteiger partial charge in [-0.3, -0.25) is 4.98 Å². The molecule has 0 amide bonds. The molecule has 94 valence electrons. The number of pyridine rings is 1. The van der Waals surface area contributed by atoms with Gasteiger partial charge in [-0.2, -0.15) is 0 Å². The SMILES string of the molecule is Cc1cc(C)nc(NS(=O)(=O)c2cccnc2)n1. The molecular weight excluding hydrogens is 252 g/mol. The maximum atomic E-state index is 12.0. The van der Waals surface area contributed by atoms with Crippen molar-refractivity contribution >= 4 is 16.0 Å². The van der Waals surface area contributed by atoms with Gasteiger partial charge < -0.3 is 0 Å². The molecular formula is C11H12N4O2S. The van der Waals surface area contributed by atoms with Crippen molar-refractivity contribution < 1.29 is 8.42 Å². The number of nitrogens with one attached hydrogen (secondary N) is 1. The molecule has 0 aliphatic heterocycles. The first-order valence-electron chi connectivity index (χ1n) is 5.22. The number of aromatic nitrogens is 3. The first-order chi connectivity index (χ1) is 8.47. The lowest BCUT2D eigenvalue weighted by atomic mass is 10.4. The topological polar surface area (TPSA) is 84.8 Å². The highest BCUT2D eigenvalue weighted by atomic mass is 32.2. The van der Waals surface area contributed by atoms with E-state index < -0.39 is 10.0 Å². The standard InChI is InChI=1S/C11H12N4O2S/c1-8-6-9(2)14-11(13-8)15-18(16,17)10-4-3-5-12-7-10/h3-7H,1-2H3,(H,13,14,15). The summed E-state index contributed by atoms with van der Waals surface area (Å²) in [5.74, 6) is 0.0661. The van der Waals surface area contributed by atoms with Crippen LogP contribution in [0.1, 0.15) is 11.4 Å². The number of aryl methyl sites for hydroxylation is 2. The first kappa shape index (κ1) is 12.4. The lowest BCUT2D eigenvalue weighted by molar-refractivity contribution is 0.600. The smallest absolute Gasteiger partial charge is 0.263 e. The molecule has 18 heavy (non-hydrogen) atoms. The molecule has 2 aromatic heterocycles. The second-order valence-corrected chi connectivity index (χ2v) is 5.45. The third-order valence-electron chi connectivity index (χ3n) is 2.15. The molecule has 0 atom stereocenters. The predicted octanol–water partition coefficient (Wildman–Crippen LogP) is 1.29. The third kappa shape index (κ3) is 2.80. The van der Waals surface area contributed by atoms with E-state index in [2.05, 4.69) is 19.7 Å². The van der Waals surface area contributed by atoms with Crippen molar-refractivity contribution in [2.24, 2.45) is 0 Å². The molecule has 1 N–H and O–H groups in total. The van der Waals surface area contributed by atoms with Crippen LogP contribution in [-0.2, 0) is 10.0 Å². The van der Waals surface area contributed by atoms with Crippen LogP contribution in [0.5, 0.6) is 0 Å². The van der Waals surface area contributed by atoms with Crippen molar-refractivity contribution in [1.29, 1.82) is 0 Å². The Kier molecular flexibility index (Phi) is 3.24. The van der Waals surface area contributed by atoms with E-state index in [1.54, 1.807) is 26.0 Å². The summed E-state index contributed by atoms with van der Waals surface area (Å²) in [6, 6.07) is 4.77. The number of sulfonamides is 1. The average Bonchev–Trinajstić information content (AvgIpc) is 2.28. The highest BCUT2D eigenvalue weighted by molar-refractivity contribution is 7.92. The van der Waals surface area contributed by atoms with Gasteiger partial charge in [0.2, 0.25) is 5.95 Å². The Labute approximate surface area is 105 Å². The van der Waals surface area contributed by atoms with Gasteiger partial charge in [0.25, 0.3) is 10.0 Å². The zero-order valence-electron chi connectivity index (χ0n) is 9.95. The van der Waals surface area contributed by atoms with Gasteiger partial charge in [0.05, 0.1) is 0 Å².